The molecular weight excluding hydrogens is 292 g/mol. The average molecular weight is 310 g/mol. The summed E-state index contributed by atoms with van der Waals surface area (Å²) in [7, 11) is 0. The standard InChI is InChI=1S/C13H18N4O3S/c1-2-20-13(19)12(14-8-10-4-3-7-21-10)11-9-17(5-6-18)16-15-11/h3-4,7,9,12,14,18H,2,5-6,8H2,1H3. The Morgan fingerprint density at radius 2 is 2.48 bits per heavy atom. The highest BCUT2D eigenvalue weighted by Gasteiger charge is 2.24. The number of carbonyl (C=O) groups excluding carboxylic acids is 1. The van der Waals surface area contributed by atoms with Gasteiger partial charge in [-0.2, -0.15) is 0 Å². The summed E-state index contributed by atoms with van der Waals surface area (Å²) in [6.45, 7) is 2.93. The highest BCUT2D eigenvalue weighted by Crippen LogP contribution is 2.15. The van der Waals surface area contributed by atoms with Crippen LogP contribution in [0.15, 0.2) is 23.7 Å². The van der Waals surface area contributed by atoms with Gasteiger partial charge < -0.3 is 9.84 Å². The van der Waals surface area contributed by atoms with Gasteiger partial charge in [-0.05, 0) is 18.4 Å². The molecule has 0 amide bonds. The van der Waals surface area contributed by atoms with E-state index in [9.17, 15) is 4.79 Å². The quantitative estimate of drug-likeness (QED) is 0.699. The first-order valence-corrected chi connectivity index (χ1v) is 7.55. The average Bonchev–Trinajstić information content (AvgIpc) is 3.12. The minimum Gasteiger partial charge on any atom is -0.465 e. The predicted octanol–water partition coefficient (Wildman–Crippen LogP) is 0.726. The fourth-order valence-electron chi connectivity index (χ4n) is 1.81. The summed E-state index contributed by atoms with van der Waals surface area (Å²) < 4.78 is 6.57. The molecule has 0 aliphatic rings. The highest BCUT2D eigenvalue weighted by molar-refractivity contribution is 7.09. The zero-order valence-corrected chi connectivity index (χ0v) is 12.5. The third kappa shape index (κ3) is 4.35. The van der Waals surface area contributed by atoms with Gasteiger partial charge in [-0.3, -0.25) is 5.32 Å². The molecule has 0 aliphatic carbocycles. The summed E-state index contributed by atoms with van der Waals surface area (Å²) in [4.78, 5) is 13.2. The molecule has 0 fully saturated rings. The number of hydrogen-bond donors (Lipinski definition) is 2. The Hall–Kier alpha value is -1.77. The smallest absolute Gasteiger partial charge is 0.329 e. The number of esters is 1. The lowest BCUT2D eigenvalue weighted by molar-refractivity contribution is -0.146. The van der Waals surface area contributed by atoms with E-state index in [0.717, 1.165) is 4.88 Å². The monoisotopic (exact) mass is 310 g/mol. The number of hydrogen-bond acceptors (Lipinski definition) is 7. The molecule has 0 aromatic carbocycles. The summed E-state index contributed by atoms with van der Waals surface area (Å²) in [5.41, 5.74) is 0.485. The molecule has 8 heteroatoms. The van der Waals surface area contributed by atoms with Gasteiger partial charge in [0, 0.05) is 11.4 Å². The molecule has 2 N–H and O–H groups in total. The third-order valence-electron chi connectivity index (χ3n) is 2.76. The van der Waals surface area contributed by atoms with Crippen LogP contribution >= 0.6 is 11.3 Å². The van der Waals surface area contributed by atoms with E-state index >= 15 is 0 Å². The lowest BCUT2D eigenvalue weighted by Crippen LogP contribution is -2.30. The van der Waals surface area contributed by atoms with Crippen LogP contribution in [0.1, 0.15) is 23.5 Å². The zero-order valence-electron chi connectivity index (χ0n) is 11.7. The van der Waals surface area contributed by atoms with Gasteiger partial charge in [0.05, 0.1) is 26.0 Å². The van der Waals surface area contributed by atoms with Gasteiger partial charge in [0.25, 0.3) is 0 Å². The summed E-state index contributed by atoms with van der Waals surface area (Å²) in [5.74, 6) is -0.384. The van der Waals surface area contributed by atoms with Crippen molar-refractivity contribution in [3.63, 3.8) is 0 Å². The molecule has 1 atom stereocenters. The van der Waals surface area contributed by atoms with Crippen molar-refractivity contribution in [2.75, 3.05) is 13.2 Å². The van der Waals surface area contributed by atoms with E-state index in [1.54, 1.807) is 24.5 Å². The van der Waals surface area contributed by atoms with E-state index < -0.39 is 6.04 Å². The Morgan fingerprint density at radius 3 is 3.14 bits per heavy atom. The number of ether oxygens (including phenoxy) is 1. The maximum Gasteiger partial charge on any atom is 0.329 e. The summed E-state index contributed by atoms with van der Waals surface area (Å²) >= 11 is 1.61. The molecule has 1 unspecified atom stereocenters. The third-order valence-corrected chi connectivity index (χ3v) is 3.64. The number of thiophene rings is 1. The van der Waals surface area contributed by atoms with Gasteiger partial charge >= 0.3 is 5.97 Å². The molecule has 0 radical (unpaired) electrons. The largest absolute Gasteiger partial charge is 0.465 e. The molecule has 0 aliphatic heterocycles. The van der Waals surface area contributed by atoms with E-state index in [1.807, 2.05) is 17.5 Å². The Kier molecular flexibility index (Phi) is 5.85. The van der Waals surface area contributed by atoms with Crippen LogP contribution in [-0.4, -0.2) is 39.3 Å². The highest BCUT2D eigenvalue weighted by atomic mass is 32.1. The molecule has 0 saturated carbocycles. The van der Waals surface area contributed by atoms with Crippen molar-refractivity contribution in [3.05, 3.63) is 34.3 Å². The minimum atomic E-state index is -0.667. The van der Waals surface area contributed by atoms with E-state index in [2.05, 4.69) is 15.6 Å². The molecule has 0 bridgehead atoms. The number of nitrogens with one attached hydrogen (secondary N) is 1. The Balaban J connectivity index is 2.08. The maximum absolute atomic E-state index is 12.1. The molecule has 21 heavy (non-hydrogen) atoms. The van der Waals surface area contributed by atoms with Crippen LogP contribution in [0, 0.1) is 0 Å². The number of rotatable bonds is 8. The summed E-state index contributed by atoms with van der Waals surface area (Å²) in [6, 6.07) is 3.28. The number of carbonyl (C=O) groups is 1. The Labute approximate surface area is 126 Å². The molecule has 2 heterocycles. The second-order valence-corrected chi connectivity index (χ2v) is 5.31. The molecule has 2 aromatic heterocycles. The number of aliphatic hydroxyl groups excluding tert-OH is 1. The first-order valence-electron chi connectivity index (χ1n) is 6.68. The van der Waals surface area contributed by atoms with Crippen molar-refractivity contribution in [2.45, 2.75) is 26.1 Å². The van der Waals surface area contributed by atoms with E-state index in [4.69, 9.17) is 9.84 Å². The second-order valence-electron chi connectivity index (χ2n) is 4.28. The minimum absolute atomic E-state index is 0.0322. The van der Waals surface area contributed by atoms with Crippen molar-refractivity contribution < 1.29 is 14.6 Å². The van der Waals surface area contributed by atoms with Gasteiger partial charge in [-0.15, -0.1) is 16.4 Å². The lowest BCUT2D eigenvalue weighted by Gasteiger charge is -2.14. The van der Waals surface area contributed by atoms with Crippen LogP contribution in [0.5, 0.6) is 0 Å². The number of aromatic nitrogens is 3. The van der Waals surface area contributed by atoms with Crippen molar-refractivity contribution in [1.29, 1.82) is 0 Å². The molecule has 0 saturated heterocycles. The maximum atomic E-state index is 12.1. The van der Waals surface area contributed by atoms with E-state index in [1.165, 1.54) is 4.68 Å². The van der Waals surface area contributed by atoms with Gasteiger partial charge in [-0.1, -0.05) is 11.3 Å². The van der Waals surface area contributed by atoms with Crippen LogP contribution < -0.4 is 5.32 Å². The van der Waals surface area contributed by atoms with Crippen LogP contribution in [-0.2, 0) is 22.6 Å². The molecule has 0 spiro atoms. The lowest BCUT2D eigenvalue weighted by atomic mass is 10.2. The van der Waals surface area contributed by atoms with Crippen LogP contribution in [0.2, 0.25) is 0 Å². The van der Waals surface area contributed by atoms with Crippen molar-refractivity contribution in [1.82, 2.24) is 20.3 Å². The van der Waals surface area contributed by atoms with Crippen molar-refractivity contribution >= 4 is 17.3 Å². The second kappa shape index (κ2) is 7.87. The predicted molar refractivity (Wildman–Crippen MR) is 77.6 cm³/mol. The van der Waals surface area contributed by atoms with Crippen LogP contribution in [0.4, 0.5) is 0 Å². The van der Waals surface area contributed by atoms with E-state index in [-0.39, 0.29) is 12.6 Å². The van der Waals surface area contributed by atoms with Crippen molar-refractivity contribution in [3.8, 4) is 0 Å². The van der Waals surface area contributed by atoms with Gasteiger partial charge in [0.2, 0.25) is 0 Å². The van der Waals surface area contributed by atoms with Gasteiger partial charge in [0.1, 0.15) is 5.69 Å². The molecule has 2 rings (SSSR count). The fourth-order valence-corrected chi connectivity index (χ4v) is 2.46. The zero-order chi connectivity index (χ0) is 15.1. The normalized spacial score (nSPS) is 12.3. The Morgan fingerprint density at radius 1 is 1.62 bits per heavy atom. The summed E-state index contributed by atoms with van der Waals surface area (Å²) in [6.07, 6.45) is 1.64. The molecule has 7 nitrogen and oxygen atoms in total. The first kappa shape index (κ1) is 15.6. The number of aliphatic hydroxyl groups is 1. The first-order chi connectivity index (χ1) is 10.2. The fraction of sp³-hybridized carbons (Fsp3) is 0.462. The van der Waals surface area contributed by atoms with Crippen LogP contribution in [0.25, 0.3) is 0 Å². The number of nitrogens with zero attached hydrogens (tertiary/aromatic N) is 3. The van der Waals surface area contributed by atoms with E-state index in [0.29, 0.717) is 25.4 Å². The SMILES string of the molecule is CCOC(=O)C(NCc1cccs1)c1cn(CCO)nn1. The topological polar surface area (TPSA) is 89.3 Å². The summed E-state index contributed by atoms with van der Waals surface area (Å²) in [5, 5.41) is 21.9. The molecular formula is C13H18N4O3S. The molecule has 2 aromatic rings. The van der Waals surface area contributed by atoms with Crippen LogP contribution in [0.3, 0.4) is 0 Å². The van der Waals surface area contributed by atoms with Gasteiger partial charge in [0.15, 0.2) is 6.04 Å². The van der Waals surface area contributed by atoms with Crippen molar-refractivity contribution in [2.24, 2.45) is 0 Å². The Bertz CT molecular complexity index is 556. The van der Waals surface area contributed by atoms with Gasteiger partial charge in [-0.25, -0.2) is 9.48 Å². The molecule has 114 valence electrons.